The number of aromatic hydroxyl groups is 1. The van der Waals surface area contributed by atoms with E-state index in [1.54, 1.807) is 42.2 Å². The number of nitrogens with zero attached hydrogens (tertiary/aromatic N) is 3. The maximum atomic E-state index is 12.3. The van der Waals surface area contributed by atoms with E-state index in [2.05, 4.69) is 14.9 Å². The Labute approximate surface area is 229 Å². The molecule has 0 aliphatic carbocycles. The number of oxazole rings is 1. The van der Waals surface area contributed by atoms with Gasteiger partial charge in [0.25, 0.3) is 0 Å². The monoisotopic (exact) mass is 545 g/mol. The van der Waals surface area contributed by atoms with Crippen molar-refractivity contribution in [1.82, 2.24) is 14.9 Å². The number of nitrogens with one attached hydrogen (secondary N) is 2. The molecule has 5 aromatic rings. The molecule has 5 rings (SSSR count). The number of hydrogen-bond acceptors (Lipinski definition) is 6. The Balaban J connectivity index is 1.59. The van der Waals surface area contributed by atoms with Gasteiger partial charge in [0.1, 0.15) is 0 Å². The molecule has 0 aliphatic rings. The van der Waals surface area contributed by atoms with Crippen molar-refractivity contribution in [2.45, 2.75) is 13.3 Å². The van der Waals surface area contributed by atoms with Crippen LogP contribution in [0.2, 0.25) is 5.02 Å². The third kappa shape index (κ3) is 5.59. The van der Waals surface area contributed by atoms with Crippen LogP contribution in [0, 0.1) is 0 Å². The molecule has 0 aliphatic heterocycles. The normalized spacial score (nSPS) is 12.1. The van der Waals surface area contributed by atoms with Gasteiger partial charge < -0.3 is 24.3 Å². The molecular formula is C29H28ClN5O4. The van der Waals surface area contributed by atoms with E-state index in [0.717, 1.165) is 24.0 Å². The Morgan fingerprint density at radius 1 is 1.00 bits per heavy atom. The van der Waals surface area contributed by atoms with Crippen LogP contribution in [0.1, 0.15) is 24.5 Å². The van der Waals surface area contributed by atoms with E-state index in [0.29, 0.717) is 50.7 Å². The molecule has 0 radical (unpaired) electrons. The average Bonchev–Trinajstić information content (AvgIpc) is 3.42. The van der Waals surface area contributed by atoms with Gasteiger partial charge in [0.05, 0.1) is 28.0 Å². The number of aromatic amines is 2. The number of halogens is 1. The van der Waals surface area contributed by atoms with Crippen molar-refractivity contribution in [3.63, 3.8) is 0 Å². The summed E-state index contributed by atoms with van der Waals surface area (Å²) in [4.78, 5) is 38.4. The maximum absolute atomic E-state index is 12.3. The highest BCUT2D eigenvalue weighted by molar-refractivity contribution is 6.31. The van der Waals surface area contributed by atoms with E-state index in [-0.39, 0.29) is 11.8 Å². The van der Waals surface area contributed by atoms with Crippen molar-refractivity contribution in [2.75, 3.05) is 32.1 Å². The lowest BCUT2D eigenvalue weighted by atomic mass is 10.0. The lowest BCUT2D eigenvalue weighted by Crippen LogP contribution is -2.31. The molecule has 1 amide bonds. The largest absolute Gasteiger partial charge is 0.494 e. The van der Waals surface area contributed by atoms with Crippen molar-refractivity contribution in [3.05, 3.63) is 87.4 Å². The van der Waals surface area contributed by atoms with Crippen LogP contribution < -0.4 is 10.7 Å². The van der Waals surface area contributed by atoms with E-state index in [9.17, 15) is 14.7 Å². The van der Waals surface area contributed by atoms with E-state index in [4.69, 9.17) is 21.0 Å². The van der Waals surface area contributed by atoms with Crippen LogP contribution in [0.5, 0.6) is 5.88 Å². The fraction of sp³-hybridized carbons (Fsp3) is 0.207. The zero-order valence-corrected chi connectivity index (χ0v) is 22.5. The highest BCUT2D eigenvalue weighted by Gasteiger charge is 2.20. The molecule has 3 N–H and O–H groups in total. The minimum absolute atomic E-state index is 0.0330. The lowest BCUT2D eigenvalue weighted by molar-refractivity contribution is -0.116. The van der Waals surface area contributed by atoms with E-state index in [1.807, 2.05) is 44.4 Å². The van der Waals surface area contributed by atoms with Crippen molar-refractivity contribution in [1.29, 1.82) is 0 Å². The zero-order valence-electron chi connectivity index (χ0n) is 21.8. The van der Waals surface area contributed by atoms with Crippen molar-refractivity contribution >= 4 is 56.6 Å². The summed E-state index contributed by atoms with van der Waals surface area (Å²) in [5, 5.41) is 12.2. The first-order chi connectivity index (χ1) is 18.7. The molecule has 2 heterocycles. The summed E-state index contributed by atoms with van der Waals surface area (Å²) in [6.07, 6.45) is 0.845. The van der Waals surface area contributed by atoms with Crippen molar-refractivity contribution in [3.8, 4) is 5.88 Å². The fourth-order valence-corrected chi connectivity index (χ4v) is 4.77. The fourth-order valence-electron chi connectivity index (χ4n) is 4.60. The Bertz CT molecular complexity index is 1750. The molecule has 0 atom stereocenters. The summed E-state index contributed by atoms with van der Waals surface area (Å²) >= 11 is 6.18. The predicted molar refractivity (Wildman–Crippen MR) is 155 cm³/mol. The molecule has 0 spiro atoms. The Morgan fingerprint density at radius 2 is 1.77 bits per heavy atom. The molecule has 39 heavy (non-hydrogen) atoms. The van der Waals surface area contributed by atoms with Gasteiger partial charge in [-0.1, -0.05) is 23.7 Å². The number of aromatic nitrogens is 2. The molecule has 10 heteroatoms. The topological polar surface area (TPSA) is 118 Å². The number of fused-ring (bicyclic) bond motifs is 2. The quantitative estimate of drug-likeness (QED) is 0.225. The van der Waals surface area contributed by atoms with E-state index >= 15 is 0 Å². The van der Waals surface area contributed by atoms with Crippen LogP contribution in [0.15, 0.2) is 74.9 Å². The SMILES string of the molecule is CC(=O)N(CCCN(C)C)c1ccc(N=C(c2ccc3[nH]c(=O)oc3c2)c2c(O)[nH]c3cc(Cl)ccc23)cc1. The predicted octanol–water partition coefficient (Wildman–Crippen LogP) is 5.44. The van der Waals surface area contributed by atoms with Crippen LogP contribution in [-0.2, 0) is 4.79 Å². The van der Waals surface area contributed by atoms with Crippen LogP contribution >= 0.6 is 11.6 Å². The van der Waals surface area contributed by atoms with Crippen LogP contribution in [0.25, 0.3) is 22.0 Å². The second-order valence-corrected chi connectivity index (χ2v) is 10.0. The lowest BCUT2D eigenvalue weighted by Gasteiger charge is -2.22. The summed E-state index contributed by atoms with van der Waals surface area (Å²) in [6, 6.07) is 17.9. The van der Waals surface area contributed by atoms with Crippen LogP contribution in [-0.4, -0.2) is 58.8 Å². The maximum Gasteiger partial charge on any atom is 0.417 e. The van der Waals surface area contributed by atoms with Gasteiger partial charge in [-0.25, -0.2) is 9.79 Å². The first-order valence-corrected chi connectivity index (χ1v) is 12.8. The number of anilines is 1. The van der Waals surface area contributed by atoms with Gasteiger partial charge in [-0.05, 0) is 75.6 Å². The molecule has 3 aromatic carbocycles. The summed E-state index contributed by atoms with van der Waals surface area (Å²) in [5.74, 6) is -0.655. The Kier molecular flexibility index (Phi) is 7.28. The Hall–Kier alpha value is -4.34. The number of carbonyl (C=O) groups excluding carboxylic acids is 1. The minimum atomic E-state index is -0.554. The first kappa shape index (κ1) is 26.3. The van der Waals surface area contributed by atoms with Gasteiger partial charge in [0.2, 0.25) is 5.91 Å². The van der Waals surface area contributed by atoms with Gasteiger partial charge in [-0.3, -0.25) is 9.78 Å². The Morgan fingerprint density at radius 3 is 2.49 bits per heavy atom. The molecule has 0 bridgehead atoms. The zero-order chi connectivity index (χ0) is 27.7. The third-order valence-electron chi connectivity index (χ3n) is 6.44. The summed E-state index contributed by atoms with van der Waals surface area (Å²) in [6.45, 7) is 3.04. The number of rotatable bonds is 8. The van der Waals surface area contributed by atoms with Gasteiger partial charge >= 0.3 is 5.76 Å². The molecule has 0 saturated carbocycles. The summed E-state index contributed by atoms with van der Waals surface area (Å²) in [5.41, 5.74) is 4.56. The number of hydrogen-bond donors (Lipinski definition) is 3. The molecule has 9 nitrogen and oxygen atoms in total. The molecule has 0 saturated heterocycles. The molecule has 0 fully saturated rings. The van der Waals surface area contributed by atoms with Crippen LogP contribution in [0.4, 0.5) is 11.4 Å². The van der Waals surface area contributed by atoms with Gasteiger partial charge in [0.15, 0.2) is 11.5 Å². The minimum Gasteiger partial charge on any atom is -0.494 e. The van der Waals surface area contributed by atoms with Crippen molar-refractivity contribution < 1.29 is 14.3 Å². The summed E-state index contributed by atoms with van der Waals surface area (Å²) < 4.78 is 5.28. The average molecular weight is 546 g/mol. The standard InChI is InChI=1S/C29H28ClN5O4/c1-17(36)35(14-4-13-34(2)3)21-9-7-20(8-10-21)31-27(18-5-12-23-25(15-18)39-29(38)33-23)26-22-11-6-19(30)16-24(22)32-28(26)37/h5-12,15-16,32,37H,4,13-14H2,1-3H3,(H,33,38). The molecule has 0 unspecified atom stereocenters. The van der Waals surface area contributed by atoms with Gasteiger partial charge in [-0.15, -0.1) is 0 Å². The summed E-state index contributed by atoms with van der Waals surface area (Å²) in [7, 11) is 4.01. The van der Waals surface area contributed by atoms with Crippen molar-refractivity contribution in [2.24, 2.45) is 4.99 Å². The number of benzene rings is 3. The highest BCUT2D eigenvalue weighted by Crippen LogP contribution is 2.33. The van der Waals surface area contributed by atoms with E-state index in [1.165, 1.54) is 0 Å². The molecular weight excluding hydrogens is 518 g/mol. The second-order valence-electron chi connectivity index (χ2n) is 9.57. The first-order valence-electron chi connectivity index (χ1n) is 12.4. The number of H-pyrrole nitrogens is 2. The van der Waals surface area contributed by atoms with Gasteiger partial charge in [-0.2, -0.15) is 0 Å². The number of carbonyl (C=O) groups is 1. The van der Waals surface area contributed by atoms with E-state index < -0.39 is 5.76 Å². The number of aliphatic imine (C=N–C) groups is 1. The second kappa shape index (κ2) is 10.8. The smallest absolute Gasteiger partial charge is 0.417 e. The van der Waals surface area contributed by atoms with Gasteiger partial charge in [0, 0.05) is 35.1 Å². The highest BCUT2D eigenvalue weighted by atomic mass is 35.5. The van der Waals surface area contributed by atoms with Crippen LogP contribution in [0.3, 0.4) is 0 Å². The molecule has 200 valence electrons. The number of amides is 1. The molecule has 2 aromatic heterocycles. The third-order valence-corrected chi connectivity index (χ3v) is 6.68.